The number of halogens is 1. The van der Waals surface area contributed by atoms with Gasteiger partial charge in [0.15, 0.2) is 0 Å². The van der Waals surface area contributed by atoms with Crippen molar-refractivity contribution in [3.63, 3.8) is 0 Å². The SMILES string of the molecule is C[C@@H]1CCC[C@H](C)N1C(=O)Cn1cc(I)cn1. The molecule has 5 heteroatoms. The molecule has 1 aliphatic rings. The van der Waals surface area contributed by atoms with Crippen molar-refractivity contribution in [1.29, 1.82) is 0 Å². The van der Waals surface area contributed by atoms with E-state index < -0.39 is 0 Å². The fourth-order valence-corrected chi connectivity index (χ4v) is 3.00. The average molecular weight is 347 g/mol. The van der Waals surface area contributed by atoms with Crippen LogP contribution in [0.15, 0.2) is 12.4 Å². The lowest BCUT2D eigenvalue weighted by atomic mass is 9.97. The maximum Gasteiger partial charge on any atom is 0.244 e. The summed E-state index contributed by atoms with van der Waals surface area (Å²) in [6.45, 7) is 4.64. The van der Waals surface area contributed by atoms with Gasteiger partial charge < -0.3 is 4.90 Å². The second kappa shape index (κ2) is 5.37. The molecule has 1 aromatic heterocycles. The third-order valence-corrected chi connectivity index (χ3v) is 3.94. The largest absolute Gasteiger partial charge is 0.336 e. The van der Waals surface area contributed by atoms with Gasteiger partial charge in [0.2, 0.25) is 5.91 Å². The highest BCUT2D eigenvalue weighted by Gasteiger charge is 2.28. The minimum atomic E-state index is 0.184. The van der Waals surface area contributed by atoms with E-state index in [0.29, 0.717) is 18.6 Å². The number of piperidine rings is 1. The number of likely N-dealkylation sites (tertiary alicyclic amines) is 1. The lowest BCUT2D eigenvalue weighted by Crippen LogP contribution is -2.48. The molecule has 17 heavy (non-hydrogen) atoms. The van der Waals surface area contributed by atoms with Gasteiger partial charge in [-0.2, -0.15) is 5.10 Å². The molecule has 2 atom stereocenters. The Morgan fingerprint density at radius 3 is 2.65 bits per heavy atom. The molecule has 0 N–H and O–H groups in total. The van der Waals surface area contributed by atoms with Crippen molar-refractivity contribution >= 4 is 28.5 Å². The zero-order valence-corrected chi connectivity index (χ0v) is 12.4. The lowest BCUT2D eigenvalue weighted by Gasteiger charge is -2.39. The summed E-state index contributed by atoms with van der Waals surface area (Å²) >= 11 is 2.20. The number of carbonyl (C=O) groups excluding carboxylic acids is 1. The Morgan fingerprint density at radius 2 is 2.12 bits per heavy atom. The molecule has 1 aliphatic heterocycles. The number of hydrogen-bond donors (Lipinski definition) is 0. The van der Waals surface area contributed by atoms with Crippen molar-refractivity contribution < 1.29 is 4.79 Å². The molecule has 94 valence electrons. The predicted molar refractivity (Wildman–Crippen MR) is 74.6 cm³/mol. The maximum atomic E-state index is 12.3. The van der Waals surface area contributed by atoms with Crippen molar-refractivity contribution in [2.45, 2.75) is 51.7 Å². The molecule has 0 spiro atoms. The lowest BCUT2D eigenvalue weighted by molar-refractivity contribution is -0.138. The molecule has 1 saturated heterocycles. The molecule has 0 radical (unpaired) electrons. The Labute approximate surface area is 116 Å². The van der Waals surface area contributed by atoms with E-state index in [1.54, 1.807) is 10.9 Å². The van der Waals surface area contributed by atoms with E-state index in [1.165, 1.54) is 6.42 Å². The van der Waals surface area contributed by atoms with Crippen LogP contribution in [0.3, 0.4) is 0 Å². The van der Waals surface area contributed by atoms with Gasteiger partial charge >= 0.3 is 0 Å². The van der Waals surface area contributed by atoms with Gasteiger partial charge in [0.1, 0.15) is 6.54 Å². The smallest absolute Gasteiger partial charge is 0.244 e. The number of amides is 1. The third kappa shape index (κ3) is 3.00. The van der Waals surface area contributed by atoms with E-state index in [4.69, 9.17) is 0 Å². The van der Waals surface area contributed by atoms with Crippen LogP contribution >= 0.6 is 22.6 Å². The van der Waals surface area contributed by atoms with Crippen molar-refractivity contribution in [1.82, 2.24) is 14.7 Å². The Morgan fingerprint density at radius 1 is 1.47 bits per heavy atom. The van der Waals surface area contributed by atoms with E-state index in [1.807, 2.05) is 11.1 Å². The van der Waals surface area contributed by atoms with Gasteiger partial charge in [0.25, 0.3) is 0 Å². The van der Waals surface area contributed by atoms with Crippen LogP contribution in [-0.2, 0) is 11.3 Å². The van der Waals surface area contributed by atoms with Crippen molar-refractivity contribution in [2.75, 3.05) is 0 Å². The van der Waals surface area contributed by atoms with Crippen LogP contribution in [0.5, 0.6) is 0 Å². The average Bonchev–Trinajstić information content (AvgIpc) is 2.63. The Bertz CT molecular complexity index is 394. The highest BCUT2D eigenvalue weighted by Crippen LogP contribution is 2.22. The van der Waals surface area contributed by atoms with Gasteiger partial charge in [-0.1, -0.05) is 0 Å². The molecule has 0 aromatic carbocycles. The summed E-state index contributed by atoms with van der Waals surface area (Å²) in [6, 6.07) is 0.724. The molecule has 2 rings (SSSR count). The number of hydrogen-bond acceptors (Lipinski definition) is 2. The molecule has 1 fully saturated rings. The first-order valence-corrected chi connectivity index (χ1v) is 7.15. The van der Waals surface area contributed by atoms with Gasteiger partial charge in [0, 0.05) is 18.3 Å². The molecular weight excluding hydrogens is 329 g/mol. The summed E-state index contributed by atoms with van der Waals surface area (Å²) in [7, 11) is 0. The first kappa shape index (κ1) is 12.9. The minimum Gasteiger partial charge on any atom is -0.336 e. The van der Waals surface area contributed by atoms with Crippen LogP contribution in [-0.4, -0.2) is 32.7 Å². The Hall–Kier alpha value is -0.590. The number of nitrogens with zero attached hydrogens (tertiary/aromatic N) is 3. The molecular formula is C12H18IN3O. The van der Waals surface area contributed by atoms with E-state index in [0.717, 1.165) is 16.4 Å². The van der Waals surface area contributed by atoms with Gasteiger partial charge in [-0.3, -0.25) is 9.48 Å². The van der Waals surface area contributed by atoms with Crippen LogP contribution in [0.1, 0.15) is 33.1 Å². The molecule has 0 unspecified atom stereocenters. The fraction of sp³-hybridized carbons (Fsp3) is 0.667. The summed E-state index contributed by atoms with van der Waals surface area (Å²) < 4.78 is 2.79. The minimum absolute atomic E-state index is 0.184. The van der Waals surface area contributed by atoms with Crippen LogP contribution in [0, 0.1) is 3.57 Å². The highest BCUT2D eigenvalue weighted by molar-refractivity contribution is 14.1. The van der Waals surface area contributed by atoms with Crippen LogP contribution in [0.2, 0.25) is 0 Å². The second-order valence-corrected chi connectivity index (χ2v) is 6.03. The zero-order valence-electron chi connectivity index (χ0n) is 10.3. The Kier molecular flexibility index (Phi) is 4.06. The van der Waals surface area contributed by atoms with Crippen molar-refractivity contribution in [3.05, 3.63) is 16.0 Å². The van der Waals surface area contributed by atoms with Crippen LogP contribution < -0.4 is 0 Å². The van der Waals surface area contributed by atoms with Gasteiger partial charge in [0.05, 0.1) is 9.77 Å². The standard InChI is InChI=1S/C12H18IN3O/c1-9-4-3-5-10(2)16(9)12(17)8-15-7-11(13)6-14-15/h6-7,9-10H,3-5,8H2,1-2H3/t9-,10+. The fourth-order valence-electron chi connectivity index (χ4n) is 2.56. The third-order valence-electron chi connectivity index (χ3n) is 3.38. The quantitative estimate of drug-likeness (QED) is 0.770. The van der Waals surface area contributed by atoms with E-state index in [2.05, 4.69) is 41.5 Å². The summed E-state index contributed by atoms with van der Waals surface area (Å²) in [5.41, 5.74) is 0. The molecule has 4 nitrogen and oxygen atoms in total. The van der Waals surface area contributed by atoms with Crippen LogP contribution in [0.25, 0.3) is 0 Å². The molecule has 1 aromatic rings. The summed E-state index contributed by atoms with van der Waals surface area (Å²) in [6.07, 6.45) is 7.14. The normalized spacial score (nSPS) is 25.0. The zero-order chi connectivity index (χ0) is 12.4. The monoisotopic (exact) mass is 347 g/mol. The Balaban J connectivity index is 2.03. The first-order chi connectivity index (χ1) is 8.08. The number of rotatable bonds is 2. The van der Waals surface area contributed by atoms with Crippen molar-refractivity contribution in [2.24, 2.45) is 0 Å². The van der Waals surface area contributed by atoms with Crippen LogP contribution in [0.4, 0.5) is 0 Å². The molecule has 0 aliphatic carbocycles. The van der Waals surface area contributed by atoms with Crippen molar-refractivity contribution in [3.8, 4) is 0 Å². The van der Waals surface area contributed by atoms with Gasteiger partial charge in [-0.25, -0.2) is 0 Å². The number of aromatic nitrogens is 2. The highest BCUT2D eigenvalue weighted by atomic mass is 127. The first-order valence-electron chi connectivity index (χ1n) is 6.07. The van der Waals surface area contributed by atoms with E-state index in [-0.39, 0.29) is 5.91 Å². The van der Waals surface area contributed by atoms with Gasteiger partial charge in [-0.15, -0.1) is 0 Å². The summed E-state index contributed by atoms with van der Waals surface area (Å²) in [5.74, 6) is 0.184. The summed E-state index contributed by atoms with van der Waals surface area (Å²) in [5, 5.41) is 4.16. The number of carbonyl (C=O) groups is 1. The summed E-state index contributed by atoms with van der Waals surface area (Å²) in [4.78, 5) is 14.3. The van der Waals surface area contributed by atoms with E-state index >= 15 is 0 Å². The topological polar surface area (TPSA) is 38.1 Å². The molecule has 0 saturated carbocycles. The van der Waals surface area contributed by atoms with E-state index in [9.17, 15) is 4.79 Å². The molecule has 1 amide bonds. The molecule has 0 bridgehead atoms. The second-order valence-electron chi connectivity index (χ2n) is 4.79. The van der Waals surface area contributed by atoms with Gasteiger partial charge in [-0.05, 0) is 55.7 Å². The molecule has 2 heterocycles. The predicted octanol–water partition coefficient (Wildman–Crippen LogP) is 2.28. The maximum absolute atomic E-state index is 12.3.